The zero-order valence-corrected chi connectivity index (χ0v) is 24.2. The van der Waals surface area contributed by atoms with E-state index in [0.29, 0.717) is 33.8 Å². The number of carbonyl (C=O) groups is 2. The zero-order valence-electron chi connectivity index (χ0n) is 20.4. The Hall–Kier alpha value is -2.25. The Morgan fingerprint density at radius 3 is 2.38 bits per heavy atom. The van der Waals surface area contributed by atoms with Gasteiger partial charge in [-0.15, -0.1) is 0 Å². The van der Waals surface area contributed by atoms with Crippen LogP contribution in [0.5, 0.6) is 5.75 Å². The number of nitrogens with one attached hydrogen (secondary N) is 1. The highest BCUT2D eigenvalue weighted by Gasteiger charge is 2.30. The molecule has 1 N–H and O–H groups in total. The number of rotatable bonds is 12. The fourth-order valence-corrected chi connectivity index (χ4v) is 4.76. The van der Waals surface area contributed by atoms with Gasteiger partial charge in [-0.25, -0.2) is 0 Å². The molecule has 1 atom stereocenters. The van der Waals surface area contributed by atoms with Crippen molar-refractivity contribution < 1.29 is 14.3 Å². The Kier molecular flexibility index (Phi) is 11.6. The topological polar surface area (TPSA) is 58.6 Å². The second kappa shape index (κ2) is 14.6. The lowest BCUT2D eigenvalue weighted by Crippen LogP contribution is -2.51. The summed E-state index contributed by atoms with van der Waals surface area (Å²) in [6.45, 7) is 2.43. The predicted molar refractivity (Wildman–Crippen MR) is 154 cm³/mol. The normalized spacial score (nSPS) is 11.6. The SMILES string of the molecule is CCCCNC(=O)[C@H](Cc1ccccc1)N(Cc1ccc(Cl)c(Cl)c1)C(=O)COc1ccc(Br)cc1Cl. The van der Waals surface area contributed by atoms with Gasteiger partial charge < -0.3 is 15.0 Å². The van der Waals surface area contributed by atoms with Crippen LogP contribution in [0, 0.1) is 0 Å². The van der Waals surface area contributed by atoms with Crippen LogP contribution < -0.4 is 10.1 Å². The van der Waals surface area contributed by atoms with Gasteiger partial charge in [0.25, 0.3) is 5.91 Å². The minimum atomic E-state index is -0.773. The summed E-state index contributed by atoms with van der Waals surface area (Å²) in [6.07, 6.45) is 2.12. The van der Waals surface area contributed by atoms with Crippen LogP contribution in [0.15, 0.2) is 71.2 Å². The summed E-state index contributed by atoms with van der Waals surface area (Å²) in [7, 11) is 0. The van der Waals surface area contributed by atoms with Crippen molar-refractivity contribution in [3.8, 4) is 5.75 Å². The summed E-state index contributed by atoms with van der Waals surface area (Å²) >= 11 is 22.0. The molecule has 0 unspecified atom stereocenters. The smallest absolute Gasteiger partial charge is 0.261 e. The summed E-state index contributed by atoms with van der Waals surface area (Å²) in [5, 5.41) is 4.14. The third-order valence-corrected chi connectivity index (χ3v) is 7.21. The Bertz CT molecular complexity index is 1210. The first-order valence-corrected chi connectivity index (χ1v) is 13.8. The molecule has 0 bridgehead atoms. The van der Waals surface area contributed by atoms with Crippen molar-refractivity contribution in [3.05, 3.63) is 97.4 Å². The number of halogens is 4. The summed E-state index contributed by atoms with van der Waals surface area (Å²) < 4.78 is 6.57. The maximum atomic E-state index is 13.6. The molecule has 3 aromatic rings. The van der Waals surface area contributed by atoms with Crippen molar-refractivity contribution in [1.29, 1.82) is 0 Å². The van der Waals surface area contributed by atoms with Crippen LogP contribution in [0.4, 0.5) is 0 Å². The van der Waals surface area contributed by atoms with E-state index in [1.165, 1.54) is 4.90 Å². The van der Waals surface area contributed by atoms with E-state index in [9.17, 15) is 9.59 Å². The molecule has 0 fully saturated rings. The van der Waals surface area contributed by atoms with E-state index in [2.05, 4.69) is 28.2 Å². The molecule has 2 amide bonds. The van der Waals surface area contributed by atoms with Gasteiger partial charge in [-0.2, -0.15) is 0 Å². The lowest BCUT2D eigenvalue weighted by atomic mass is 10.0. The minimum absolute atomic E-state index is 0.145. The highest BCUT2D eigenvalue weighted by atomic mass is 79.9. The lowest BCUT2D eigenvalue weighted by molar-refractivity contribution is -0.142. The summed E-state index contributed by atoms with van der Waals surface area (Å²) in [4.78, 5) is 28.6. The Morgan fingerprint density at radius 2 is 1.70 bits per heavy atom. The summed E-state index contributed by atoms with van der Waals surface area (Å²) in [6, 6.07) is 19.1. The molecule has 0 aliphatic rings. The quantitative estimate of drug-likeness (QED) is 0.214. The number of hydrogen-bond donors (Lipinski definition) is 1. The summed E-state index contributed by atoms with van der Waals surface area (Å²) in [5.41, 5.74) is 1.67. The largest absolute Gasteiger partial charge is 0.482 e. The molecule has 5 nitrogen and oxygen atoms in total. The molecular weight excluding hydrogens is 599 g/mol. The fourth-order valence-electron chi connectivity index (χ4n) is 3.71. The first kappa shape index (κ1) is 29.3. The summed E-state index contributed by atoms with van der Waals surface area (Å²) in [5.74, 6) is -0.219. The van der Waals surface area contributed by atoms with E-state index < -0.39 is 6.04 Å². The van der Waals surface area contributed by atoms with Crippen molar-refractivity contribution in [2.24, 2.45) is 0 Å². The Balaban J connectivity index is 1.92. The van der Waals surface area contributed by atoms with Crippen molar-refractivity contribution in [2.75, 3.05) is 13.2 Å². The third-order valence-electron chi connectivity index (χ3n) is 5.68. The van der Waals surface area contributed by atoms with Gasteiger partial charge in [0.2, 0.25) is 5.91 Å². The first-order chi connectivity index (χ1) is 17.8. The van der Waals surface area contributed by atoms with Gasteiger partial charge >= 0.3 is 0 Å². The Morgan fingerprint density at radius 1 is 0.946 bits per heavy atom. The second-order valence-corrected chi connectivity index (χ2v) is 10.6. The van der Waals surface area contributed by atoms with Gasteiger partial charge in [0.05, 0.1) is 15.1 Å². The molecule has 0 spiro atoms. The number of carbonyl (C=O) groups excluding carboxylic acids is 2. The average Bonchev–Trinajstić information content (AvgIpc) is 2.88. The van der Waals surface area contributed by atoms with Crippen molar-refractivity contribution >= 4 is 62.5 Å². The van der Waals surface area contributed by atoms with E-state index in [4.69, 9.17) is 39.5 Å². The van der Waals surface area contributed by atoms with Gasteiger partial charge in [0.1, 0.15) is 11.8 Å². The van der Waals surface area contributed by atoms with Crippen LogP contribution in [0.1, 0.15) is 30.9 Å². The number of hydrogen-bond acceptors (Lipinski definition) is 3. The molecule has 0 aromatic heterocycles. The van der Waals surface area contributed by atoms with Crippen LogP contribution in [0.2, 0.25) is 15.1 Å². The molecule has 37 heavy (non-hydrogen) atoms. The molecule has 3 rings (SSSR count). The average molecular weight is 627 g/mol. The Labute approximate surface area is 241 Å². The van der Waals surface area contributed by atoms with Crippen molar-refractivity contribution in [2.45, 2.75) is 38.8 Å². The van der Waals surface area contributed by atoms with Crippen LogP contribution in [-0.4, -0.2) is 35.9 Å². The highest BCUT2D eigenvalue weighted by molar-refractivity contribution is 9.10. The number of nitrogens with zero attached hydrogens (tertiary/aromatic N) is 1. The molecule has 0 aliphatic heterocycles. The molecule has 0 saturated heterocycles. The fraction of sp³-hybridized carbons (Fsp3) is 0.286. The molecule has 0 saturated carbocycles. The highest BCUT2D eigenvalue weighted by Crippen LogP contribution is 2.28. The molecule has 3 aromatic carbocycles. The zero-order chi connectivity index (χ0) is 26.8. The van der Waals surface area contributed by atoms with E-state index >= 15 is 0 Å². The van der Waals surface area contributed by atoms with E-state index in [1.807, 2.05) is 30.3 Å². The standard InChI is InChI=1S/C28H28BrCl3N2O3/c1-2-3-13-33-28(36)25(15-19-7-5-4-6-8-19)34(17-20-9-11-22(30)23(31)14-20)27(35)18-37-26-12-10-21(29)16-24(26)32/h4-12,14,16,25H,2-3,13,15,17-18H2,1H3,(H,33,36)/t25-/m0/s1. The van der Waals surface area contributed by atoms with Gasteiger partial charge in [-0.05, 0) is 47.9 Å². The number of unbranched alkanes of at least 4 members (excludes halogenated alkanes) is 1. The van der Waals surface area contributed by atoms with Gasteiger partial charge in [0, 0.05) is 24.0 Å². The molecular formula is C28H28BrCl3N2O3. The molecule has 0 heterocycles. The van der Waals surface area contributed by atoms with E-state index in [-0.39, 0.29) is 25.0 Å². The molecule has 9 heteroatoms. The number of benzene rings is 3. The predicted octanol–water partition coefficient (Wildman–Crippen LogP) is 7.34. The van der Waals surface area contributed by atoms with Gasteiger partial charge in [-0.1, -0.05) is 100 Å². The number of amides is 2. The monoisotopic (exact) mass is 624 g/mol. The van der Waals surface area contributed by atoms with Crippen molar-refractivity contribution in [3.63, 3.8) is 0 Å². The maximum absolute atomic E-state index is 13.6. The minimum Gasteiger partial charge on any atom is -0.482 e. The van der Waals surface area contributed by atoms with Crippen molar-refractivity contribution in [1.82, 2.24) is 10.2 Å². The molecule has 196 valence electrons. The van der Waals surface area contributed by atoms with Crippen LogP contribution in [-0.2, 0) is 22.6 Å². The maximum Gasteiger partial charge on any atom is 0.261 e. The lowest BCUT2D eigenvalue weighted by Gasteiger charge is -2.31. The van der Waals surface area contributed by atoms with Crippen LogP contribution in [0.25, 0.3) is 0 Å². The first-order valence-electron chi connectivity index (χ1n) is 11.9. The second-order valence-electron chi connectivity index (χ2n) is 8.48. The molecule has 0 radical (unpaired) electrons. The van der Waals surface area contributed by atoms with E-state index in [0.717, 1.165) is 28.4 Å². The number of ether oxygens (including phenoxy) is 1. The van der Waals surface area contributed by atoms with E-state index in [1.54, 1.807) is 36.4 Å². The van der Waals surface area contributed by atoms with Gasteiger partial charge in [0.15, 0.2) is 6.61 Å². The van der Waals surface area contributed by atoms with Crippen LogP contribution >= 0.6 is 50.7 Å². The van der Waals surface area contributed by atoms with Crippen LogP contribution in [0.3, 0.4) is 0 Å². The van der Waals surface area contributed by atoms with Gasteiger partial charge in [-0.3, -0.25) is 9.59 Å². The molecule has 0 aliphatic carbocycles. The third kappa shape index (κ3) is 8.92.